The molecule has 0 spiro atoms. The quantitative estimate of drug-likeness (QED) is 0.528. The lowest BCUT2D eigenvalue weighted by molar-refractivity contribution is 0.111. The Balaban J connectivity index is 2.52. The van der Waals surface area contributed by atoms with E-state index in [9.17, 15) is 0 Å². The van der Waals surface area contributed by atoms with Crippen molar-refractivity contribution in [3.8, 4) is 0 Å². The highest BCUT2D eigenvalue weighted by molar-refractivity contribution is 5.27. The zero-order valence-electron chi connectivity index (χ0n) is 7.63. The molecule has 1 heteroatoms. The van der Waals surface area contributed by atoms with Crippen LogP contribution < -0.4 is 0 Å². The molecule has 2 rings (SSSR count). The molecule has 0 bridgehead atoms. The number of ether oxygens (including phenoxy) is 1. The molecular weight excluding hydrogens is 124 g/mol. The van der Waals surface area contributed by atoms with Gasteiger partial charge in [0.15, 0.2) is 0 Å². The Hall–Kier alpha value is -0.820. The maximum atomic E-state index is 7.55. The maximum Gasteiger partial charge on any atom is 0.0719 e. The summed E-state index contributed by atoms with van der Waals surface area (Å²) in [6.07, 6.45) is 0.815. The van der Waals surface area contributed by atoms with Crippen molar-refractivity contribution in [3.63, 3.8) is 0 Å². The minimum Gasteiger partial charge on any atom is -0.376 e. The third-order valence-corrected chi connectivity index (χ3v) is 1.67. The number of rotatable bonds is 0. The van der Waals surface area contributed by atoms with Crippen molar-refractivity contribution in [2.45, 2.75) is 13.0 Å². The topological polar surface area (TPSA) is 9.23 Å². The Labute approximate surface area is 63.4 Å². The molecule has 0 aliphatic carbocycles. The predicted molar refractivity (Wildman–Crippen MR) is 39.8 cm³/mol. The summed E-state index contributed by atoms with van der Waals surface area (Å²) >= 11 is 0. The summed E-state index contributed by atoms with van der Waals surface area (Å²) in [4.78, 5) is 0. The molecule has 10 heavy (non-hydrogen) atoms. The van der Waals surface area contributed by atoms with Crippen molar-refractivity contribution in [1.82, 2.24) is 0 Å². The fourth-order valence-electron chi connectivity index (χ4n) is 1.13. The van der Waals surface area contributed by atoms with E-state index in [1.807, 2.05) is 18.2 Å². The molecule has 1 heterocycles. The van der Waals surface area contributed by atoms with Gasteiger partial charge in [-0.15, -0.1) is 0 Å². The average molecular weight is 136 g/mol. The number of benzene rings is 1. The van der Waals surface area contributed by atoms with E-state index in [4.69, 9.17) is 7.48 Å². The third-order valence-electron chi connectivity index (χ3n) is 1.67. The molecule has 0 amide bonds. The van der Waals surface area contributed by atoms with Gasteiger partial charge in [-0.05, 0) is 17.5 Å². The Kier molecular flexibility index (Phi) is 1.01. The molecule has 0 radical (unpaired) electrons. The minimum absolute atomic E-state index is 0.476. The average Bonchev–Trinajstić information content (AvgIpc) is 2.04. The molecular formula is C9H10O. The summed E-state index contributed by atoms with van der Waals surface area (Å²) < 4.78 is 20.1. The largest absolute Gasteiger partial charge is 0.376 e. The summed E-state index contributed by atoms with van der Waals surface area (Å²) in [5, 5.41) is 0. The summed E-state index contributed by atoms with van der Waals surface area (Å²) in [6.45, 7) is -1.11. The van der Waals surface area contributed by atoms with Gasteiger partial charge in [-0.25, -0.2) is 0 Å². The highest BCUT2D eigenvalue weighted by Gasteiger charge is 2.06. The van der Waals surface area contributed by atoms with Crippen LogP contribution in [0.5, 0.6) is 0 Å². The van der Waals surface area contributed by atoms with Crippen LogP contribution in [0.1, 0.15) is 13.9 Å². The van der Waals surface area contributed by atoms with Gasteiger partial charge in [0.2, 0.25) is 0 Å². The van der Waals surface area contributed by atoms with E-state index < -0.39 is 6.56 Å². The molecule has 0 fully saturated rings. The van der Waals surface area contributed by atoms with Crippen molar-refractivity contribution in [2.75, 3.05) is 6.61 Å². The normalized spacial score (nSPS) is 24.4. The van der Waals surface area contributed by atoms with Crippen molar-refractivity contribution in [1.29, 1.82) is 0 Å². The summed E-state index contributed by atoms with van der Waals surface area (Å²) in [5.74, 6) is 0. The molecule has 0 saturated carbocycles. The molecule has 1 nitrogen and oxygen atoms in total. The van der Waals surface area contributed by atoms with E-state index in [-0.39, 0.29) is 0 Å². The van der Waals surface area contributed by atoms with Gasteiger partial charge in [-0.1, -0.05) is 24.3 Å². The standard InChI is InChI=1S/C9H10O/c1-2-4-9-7-10-6-5-8(9)3-1/h1-4H,5-7H2/i7D2. The second kappa shape index (κ2) is 2.43. The predicted octanol–water partition coefficient (Wildman–Crippen LogP) is 1.76. The van der Waals surface area contributed by atoms with Crippen LogP contribution in [0.3, 0.4) is 0 Å². The highest BCUT2D eigenvalue weighted by atomic mass is 16.5. The van der Waals surface area contributed by atoms with Crippen LogP contribution in [0.4, 0.5) is 0 Å². The van der Waals surface area contributed by atoms with Gasteiger partial charge in [-0.2, -0.15) is 0 Å². The smallest absolute Gasteiger partial charge is 0.0719 e. The van der Waals surface area contributed by atoms with E-state index in [0.29, 0.717) is 12.2 Å². The fraction of sp³-hybridized carbons (Fsp3) is 0.333. The van der Waals surface area contributed by atoms with Crippen LogP contribution in [0.2, 0.25) is 0 Å². The molecule has 1 aliphatic heterocycles. The second-order valence-electron chi connectivity index (χ2n) is 2.36. The Morgan fingerprint density at radius 2 is 2.10 bits per heavy atom. The first kappa shape index (κ1) is 4.14. The van der Waals surface area contributed by atoms with Gasteiger partial charge in [0.05, 0.1) is 15.9 Å². The molecule has 0 unspecified atom stereocenters. The summed E-state index contributed by atoms with van der Waals surface area (Å²) in [6, 6.07) is 7.51. The van der Waals surface area contributed by atoms with E-state index in [2.05, 4.69) is 0 Å². The van der Waals surface area contributed by atoms with E-state index in [1.54, 1.807) is 6.07 Å². The van der Waals surface area contributed by atoms with Crippen molar-refractivity contribution >= 4 is 0 Å². The van der Waals surface area contributed by atoms with Gasteiger partial charge < -0.3 is 4.74 Å². The Morgan fingerprint density at radius 3 is 2.90 bits per heavy atom. The van der Waals surface area contributed by atoms with Crippen LogP contribution >= 0.6 is 0 Å². The molecule has 52 valence electrons. The van der Waals surface area contributed by atoms with E-state index in [0.717, 1.165) is 12.0 Å². The Bertz CT molecular complexity index is 296. The van der Waals surface area contributed by atoms with Gasteiger partial charge in [0, 0.05) is 0 Å². The van der Waals surface area contributed by atoms with Crippen LogP contribution in [0, 0.1) is 0 Å². The Morgan fingerprint density at radius 1 is 1.30 bits per heavy atom. The highest BCUT2D eigenvalue weighted by Crippen LogP contribution is 2.14. The molecule has 1 aliphatic rings. The molecule has 0 N–H and O–H groups in total. The monoisotopic (exact) mass is 136 g/mol. The second-order valence-corrected chi connectivity index (χ2v) is 2.36. The maximum absolute atomic E-state index is 7.55. The SMILES string of the molecule is [2H]C1([2H])OCCc2ccccc21. The number of fused-ring (bicyclic) bond motifs is 1. The molecule has 0 aromatic heterocycles. The zero-order chi connectivity index (χ0) is 8.60. The van der Waals surface area contributed by atoms with Crippen LogP contribution in [-0.2, 0) is 17.7 Å². The van der Waals surface area contributed by atoms with Gasteiger partial charge >= 0.3 is 0 Å². The molecule has 0 saturated heterocycles. The van der Waals surface area contributed by atoms with E-state index >= 15 is 0 Å². The lowest BCUT2D eigenvalue weighted by Crippen LogP contribution is -2.08. The van der Waals surface area contributed by atoms with Crippen LogP contribution in [0.25, 0.3) is 0 Å². The van der Waals surface area contributed by atoms with Gasteiger partial charge in [-0.3, -0.25) is 0 Å². The summed E-state index contributed by atoms with van der Waals surface area (Å²) in [5.41, 5.74) is 1.74. The number of hydrogen-bond acceptors (Lipinski definition) is 1. The first-order valence-corrected chi connectivity index (χ1v) is 3.42. The minimum atomic E-state index is -1.59. The van der Waals surface area contributed by atoms with Crippen LogP contribution in [0.15, 0.2) is 24.3 Å². The van der Waals surface area contributed by atoms with Crippen molar-refractivity contribution < 1.29 is 7.48 Å². The molecule has 1 aromatic carbocycles. The molecule has 1 aromatic rings. The molecule has 0 atom stereocenters. The van der Waals surface area contributed by atoms with E-state index in [1.165, 1.54) is 0 Å². The third kappa shape index (κ3) is 0.929. The lowest BCUT2D eigenvalue weighted by atomic mass is 10.0. The van der Waals surface area contributed by atoms with Crippen molar-refractivity contribution in [2.24, 2.45) is 0 Å². The van der Waals surface area contributed by atoms with Crippen molar-refractivity contribution in [3.05, 3.63) is 35.4 Å². The van der Waals surface area contributed by atoms with Gasteiger partial charge in [0.25, 0.3) is 0 Å². The lowest BCUT2D eigenvalue weighted by Gasteiger charge is -2.14. The van der Waals surface area contributed by atoms with Gasteiger partial charge in [0.1, 0.15) is 0 Å². The summed E-state index contributed by atoms with van der Waals surface area (Å²) in [7, 11) is 0. The fourth-order valence-corrected chi connectivity index (χ4v) is 1.13. The van der Waals surface area contributed by atoms with Crippen LogP contribution in [-0.4, -0.2) is 6.61 Å². The zero-order valence-corrected chi connectivity index (χ0v) is 5.63. The first-order chi connectivity index (χ1) is 5.70. The number of hydrogen-bond donors (Lipinski definition) is 0. The first-order valence-electron chi connectivity index (χ1n) is 4.42.